The van der Waals surface area contributed by atoms with E-state index in [-0.39, 0.29) is 24.5 Å². The summed E-state index contributed by atoms with van der Waals surface area (Å²) in [5, 5.41) is 6.97. The second-order valence-electron chi connectivity index (χ2n) is 6.74. The first kappa shape index (κ1) is 17.1. The third kappa shape index (κ3) is 3.65. The van der Waals surface area contributed by atoms with Crippen LogP contribution in [0.4, 0.5) is 5.69 Å². The number of aryl methyl sites for hydroxylation is 1. The van der Waals surface area contributed by atoms with Gasteiger partial charge in [-0.2, -0.15) is 0 Å². The molecule has 1 atom stereocenters. The number of para-hydroxylation sites is 1. The topological polar surface area (TPSA) is 83.2 Å². The van der Waals surface area contributed by atoms with E-state index >= 15 is 0 Å². The zero-order chi connectivity index (χ0) is 18.8. The van der Waals surface area contributed by atoms with E-state index in [1.54, 1.807) is 0 Å². The number of ether oxygens (including phenoxy) is 1. The van der Waals surface area contributed by atoms with Crippen molar-refractivity contribution in [2.24, 2.45) is 0 Å². The Morgan fingerprint density at radius 1 is 1.26 bits per heavy atom. The van der Waals surface area contributed by atoms with Crippen molar-refractivity contribution in [2.75, 3.05) is 11.9 Å². The number of carbonyl (C=O) groups excluding carboxylic acids is 2. The maximum absolute atomic E-state index is 12.4. The Morgan fingerprint density at radius 3 is 3.00 bits per heavy atom. The van der Waals surface area contributed by atoms with Crippen molar-refractivity contribution in [1.29, 1.82) is 0 Å². The summed E-state index contributed by atoms with van der Waals surface area (Å²) in [6.07, 6.45) is 3.06. The van der Waals surface area contributed by atoms with Crippen LogP contribution in [0.2, 0.25) is 0 Å². The lowest BCUT2D eigenvalue weighted by molar-refractivity contribution is -0.121. The summed E-state index contributed by atoms with van der Waals surface area (Å²) in [5.74, 6) is 0.470. The highest BCUT2D eigenvalue weighted by Gasteiger charge is 2.18. The van der Waals surface area contributed by atoms with E-state index in [2.05, 4.69) is 21.7 Å². The quantitative estimate of drug-likeness (QED) is 0.650. The molecule has 4 rings (SSSR count). The lowest BCUT2D eigenvalue weighted by Gasteiger charge is -2.21. The van der Waals surface area contributed by atoms with Gasteiger partial charge in [-0.05, 0) is 42.7 Å². The molecule has 2 heterocycles. The Hall–Kier alpha value is -3.28. The number of nitrogens with one attached hydrogen (secondary N) is 3. The van der Waals surface area contributed by atoms with Crippen LogP contribution in [0.15, 0.2) is 48.7 Å². The zero-order valence-corrected chi connectivity index (χ0v) is 15.0. The second-order valence-corrected chi connectivity index (χ2v) is 6.74. The molecule has 0 saturated carbocycles. The predicted molar refractivity (Wildman–Crippen MR) is 104 cm³/mol. The van der Waals surface area contributed by atoms with E-state index in [4.69, 9.17) is 4.74 Å². The van der Waals surface area contributed by atoms with Gasteiger partial charge >= 0.3 is 0 Å². The first-order chi connectivity index (χ1) is 13.1. The zero-order valence-electron chi connectivity index (χ0n) is 15.0. The summed E-state index contributed by atoms with van der Waals surface area (Å²) < 4.78 is 5.36. The largest absolute Gasteiger partial charge is 0.482 e. The van der Waals surface area contributed by atoms with Crippen LogP contribution in [0.25, 0.3) is 10.9 Å². The molecule has 2 amide bonds. The third-order valence-electron chi connectivity index (χ3n) is 4.81. The molecular formula is C21H21N3O3. The molecule has 138 valence electrons. The molecule has 0 fully saturated rings. The smallest absolute Gasteiger partial charge is 0.262 e. The standard InChI is InChI=1S/C21H21N3O3/c1-13(14-6-8-19-18(10-14)24-21(26)12-27-19)23-20(25)9-7-15-11-22-17-5-3-2-4-16(15)17/h2-6,8,10-11,13,22H,7,9,12H2,1H3,(H,23,25)(H,24,26)/t13-/m1/s1. The molecule has 0 spiro atoms. The van der Waals surface area contributed by atoms with Crippen molar-refractivity contribution in [3.63, 3.8) is 0 Å². The molecule has 0 unspecified atom stereocenters. The number of aromatic nitrogens is 1. The number of benzene rings is 2. The highest BCUT2D eigenvalue weighted by Crippen LogP contribution is 2.30. The van der Waals surface area contributed by atoms with Crippen molar-refractivity contribution >= 4 is 28.4 Å². The third-order valence-corrected chi connectivity index (χ3v) is 4.81. The van der Waals surface area contributed by atoms with Gasteiger partial charge in [-0.25, -0.2) is 0 Å². The van der Waals surface area contributed by atoms with Crippen molar-refractivity contribution in [3.8, 4) is 5.75 Å². The summed E-state index contributed by atoms with van der Waals surface area (Å²) in [7, 11) is 0. The molecular weight excluding hydrogens is 342 g/mol. The summed E-state index contributed by atoms with van der Waals surface area (Å²) >= 11 is 0. The summed E-state index contributed by atoms with van der Waals surface area (Å²) in [6, 6.07) is 13.5. The van der Waals surface area contributed by atoms with Gasteiger partial charge < -0.3 is 20.4 Å². The molecule has 27 heavy (non-hydrogen) atoms. The molecule has 1 aromatic heterocycles. The van der Waals surface area contributed by atoms with Crippen LogP contribution in [0, 0.1) is 0 Å². The minimum atomic E-state index is -0.171. The van der Waals surface area contributed by atoms with E-state index in [0.29, 0.717) is 24.3 Å². The minimum absolute atomic E-state index is 0.00853. The monoisotopic (exact) mass is 363 g/mol. The number of amides is 2. The molecule has 0 bridgehead atoms. The van der Waals surface area contributed by atoms with Crippen LogP contribution < -0.4 is 15.4 Å². The van der Waals surface area contributed by atoms with Crippen molar-refractivity contribution in [1.82, 2.24) is 10.3 Å². The van der Waals surface area contributed by atoms with E-state index < -0.39 is 0 Å². The fraction of sp³-hybridized carbons (Fsp3) is 0.238. The maximum Gasteiger partial charge on any atom is 0.262 e. The molecule has 0 saturated heterocycles. The van der Waals surface area contributed by atoms with Crippen LogP contribution in [-0.4, -0.2) is 23.4 Å². The van der Waals surface area contributed by atoms with Gasteiger partial charge in [-0.1, -0.05) is 24.3 Å². The molecule has 1 aliphatic heterocycles. The van der Waals surface area contributed by atoms with Gasteiger partial charge in [0.1, 0.15) is 5.75 Å². The van der Waals surface area contributed by atoms with Crippen LogP contribution >= 0.6 is 0 Å². The maximum atomic E-state index is 12.4. The molecule has 2 aromatic carbocycles. The summed E-state index contributed by atoms with van der Waals surface area (Å²) in [6.45, 7) is 1.96. The SMILES string of the molecule is C[C@@H](NC(=O)CCc1c[nH]c2ccccc12)c1ccc2c(c1)NC(=O)CO2. The second kappa shape index (κ2) is 7.15. The predicted octanol–water partition coefficient (Wildman–Crippen LogP) is 3.31. The van der Waals surface area contributed by atoms with Crippen molar-refractivity contribution in [3.05, 3.63) is 59.8 Å². The Labute approximate surface area is 156 Å². The van der Waals surface area contributed by atoms with Crippen LogP contribution in [-0.2, 0) is 16.0 Å². The Balaban J connectivity index is 1.38. The van der Waals surface area contributed by atoms with E-state index in [1.807, 2.05) is 49.5 Å². The number of carbonyl (C=O) groups is 2. The summed E-state index contributed by atoms with van der Waals surface area (Å²) in [5.41, 5.74) is 3.78. The lowest BCUT2D eigenvalue weighted by atomic mass is 10.1. The van der Waals surface area contributed by atoms with Gasteiger partial charge in [0.15, 0.2) is 6.61 Å². The van der Waals surface area contributed by atoms with Crippen LogP contribution in [0.1, 0.15) is 30.5 Å². The minimum Gasteiger partial charge on any atom is -0.482 e. The molecule has 3 N–H and O–H groups in total. The van der Waals surface area contributed by atoms with Gasteiger partial charge in [0.05, 0.1) is 11.7 Å². The fourth-order valence-electron chi connectivity index (χ4n) is 3.35. The normalized spacial score (nSPS) is 14.2. The first-order valence-corrected chi connectivity index (χ1v) is 9.01. The Kier molecular flexibility index (Phi) is 4.54. The number of aromatic amines is 1. The number of hydrogen-bond donors (Lipinski definition) is 3. The average Bonchev–Trinajstić information content (AvgIpc) is 3.09. The number of rotatable bonds is 5. The number of fused-ring (bicyclic) bond motifs is 2. The first-order valence-electron chi connectivity index (χ1n) is 9.01. The molecule has 0 radical (unpaired) electrons. The van der Waals surface area contributed by atoms with Gasteiger partial charge in [0, 0.05) is 23.5 Å². The molecule has 1 aliphatic rings. The lowest BCUT2D eigenvalue weighted by Crippen LogP contribution is -2.28. The molecule has 6 heteroatoms. The fourth-order valence-corrected chi connectivity index (χ4v) is 3.35. The molecule has 6 nitrogen and oxygen atoms in total. The van der Waals surface area contributed by atoms with Gasteiger partial charge in [-0.3, -0.25) is 9.59 Å². The van der Waals surface area contributed by atoms with E-state index in [9.17, 15) is 9.59 Å². The van der Waals surface area contributed by atoms with Crippen molar-refractivity contribution in [2.45, 2.75) is 25.8 Å². The van der Waals surface area contributed by atoms with Crippen LogP contribution in [0.3, 0.4) is 0 Å². The van der Waals surface area contributed by atoms with Gasteiger partial charge in [-0.15, -0.1) is 0 Å². The van der Waals surface area contributed by atoms with Crippen molar-refractivity contribution < 1.29 is 14.3 Å². The number of H-pyrrole nitrogens is 1. The average molecular weight is 363 g/mol. The number of hydrogen-bond acceptors (Lipinski definition) is 3. The summed E-state index contributed by atoms with van der Waals surface area (Å²) in [4.78, 5) is 27.1. The van der Waals surface area contributed by atoms with Crippen LogP contribution in [0.5, 0.6) is 5.75 Å². The van der Waals surface area contributed by atoms with E-state index in [0.717, 1.165) is 22.0 Å². The Morgan fingerprint density at radius 2 is 2.11 bits per heavy atom. The van der Waals surface area contributed by atoms with E-state index in [1.165, 1.54) is 0 Å². The Bertz CT molecular complexity index is 1010. The van der Waals surface area contributed by atoms with Gasteiger partial charge in [0.25, 0.3) is 5.91 Å². The molecule has 0 aliphatic carbocycles. The van der Waals surface area contributed by atoms with Gasteiger partial charge in [0.2, 0.25) is 5.91 Å². The highest BCUT2D eigenvalue weighted by atomic mass is 16.5. The number of anilines is 1. The highest BCUT2D eigenvalue weighted by molar-refractivity contribution is 5.95. The molecule has 3 aromatic rings.